The van der Waals surface area contributed by atoms with E-state index in [4.69, 9.17) is 14.2 Å². The molecule has 0 bridgehead atoms. The van der Waals surface area contributed by atoms with Crippen LogP contribution in [0.15, 0.2) is 30.1 Å². The lowest BCUT2D eigenvalue weighted by Crippen LogP contribution is -2.30. The summed E-state index contributed by atoms with van der Waals surface area (Å²) in [6.45, 7) is 8.80. The van der Waals surface area contributed by atoms with E-state index in [-0.39, 0.29) is 24.6 Å². The zero-order chi connectivity index (χ0) is 25.2. The monoisotopic (exact) mass is 473 g/mol. The lowest BCUT2D eigenvalue weighted by atomic mass is 9.92. The Morgan fingerprint density at radius 1 is 1.24 bits per heavy atom. The smallest absolute Gasteiger partial charge is 0.342 e. The van der Waals surface area contributed by atoms with Gasteiger partial charge in [0.05, 0.1) is 12.2 Å². The van der Waals surface area contributed by atoms with E-state index >= 15 is 4.39 Å². The zero-order valence-electron chi connectivity index (χ0n) is 20.6. The van der Waals surface area contributed by atoms with Crippen LogP contribution in [0.3, 0.4) is 0 Å². The van der Waals surface area contributed by atoms with Crippen LogP contribution < -0.4 is 4.81 Å². The fraction of sp³-hybridized carbons (Fsp3) is 0.520. The van der Waals surface area contributed by atoms with Crippen molar-refractivity contribution in [2.75, 3.05) is 11.9 Å². The Kier molecular flexibility index (Phi) is 7.88. The molecule has 9 heteroatoms. The third-order valence-corrected chi connectivity index (χ3v) is 6.40. The second-order valence-corrected chi connectivity index (χ2v) is 9.56. The number of aromatic hydroxyl groups is 1. The highest BCUT2D eigenvalue weighted by molar-refractivity contribution is 6.70. The van der Waals surface area contributed by atoms with Crippen molar-refractivity contribution in [2.45, 2.75) is 65.1 Å². The first-order valence-corrected chi connectivity index (χ1v) is 11.6. The lowest BCUT2D eigenvalue weighted by Gasteiger charge is -2.24. The highest BCUT2D eigenvalue weighted by atomic mass is 19.1. The van der Waals surface area contributed by atoms with Crippen LogP contribution in [0, 0.1) is 11.8 Å². The Labute approximate surface area is 200 Å². The SMILES string of the molecule is C[C@@H]1/C=C(/F)[C@@H](C)[C@H]2OC(C)(C)O[C@H]2C/C=C/c2cc(N(C)BC=O)cc(O)c2C(=O)O[C@H]1C. The number of hydrogen-bond acceptors (Lipinski definition) is 7. The van der Waals surface area contributed by atoms with Gasteiger partial charge in [-0.3, -0.25) is 0 Å². The minimum Gasteiger partial charge on any atom is -0.507 e. The molecule has 2 aliphatic heterocycles. The van der Waals surface area contributed by atoms with Crippen LogP contribution in [0.25, 0.3) is 6.08 Å². The maximum atomic E-state index is 15.1. The van der Waals surface area contributed by atoms with Crippen molar-refractivity contribution in [3.8, 4) is 5.75 Å². The summed E-state index contributed by atoms with van der Waals surface area (Å²) < 4.78 is 32.8. The normalized spacial score (nSPS) is 31.7. The van der Waals surface area contributed by atoms with E-state index in [1.165, 1.54) is 12.1 Å². The number of hydrogen-bond donors (Lipinski definition) is 1. The Morgan fingerprint density at radius 3 is 2.62 bits per heavy atom. The van der Waals surface area contributed by atoms with E-state index in [0.717, 1.165) is 6.19 Å². The van der Waals surface area contributed by atoms with Crippen LogP contribution in [0.2, 0.25) is 0 Å². The molecule has 2 heterocycles. The number of cyclic esters (lactones) is 1. The quantitative estimate of drug-likeness (QED) is 0.404. The number of rotatable bonds is 3. The second kappa shape index (κ2) is 10.3. The van der Waals surface area contributed by atoms with Gasteiger partial charge in [-0.2, -0.15) is 0 Å². The molecule has 0 unspecified atom stereocenters. The Morgan fingerprint density at radius 2 is 1.94 bits per heavy atom. The number of esters is 1. The second-order valence-electron chi connectivity index (χ2n) is 9.56. The van der Waals surface area contributed by atoms with Crippen molar-refractivity contribution in [1.29, 1.82) is 0 Å². The summed E-state index contributed by atoms with van der Waals surface area (Å²) in [4.78, 5) is 25.6. The average molecular weight is 473 g/mol. The fourth-order valence-electron chi connectivity index (χ4n) is 4.25. The highest BCUT2D eigenvalue weighted by Crippen LogP contribution is 2.38. The largest absolute Gasteiger partial charge is 0.507 e. The van der Waals surface area contributed by atoms with E-state index in [1.54, 1.807) is 58.6 Å². The first-order chi connectivity index (χ1) is 15.9. The lowest BCUT2D eigenvalue weighted by molar-refractivity contribution is -0.149. The predicted molar refractivity (Wildman–Crippen MR) is 130 cm³/mol. The number of fused-ring (bicyclic) bond motifs is 2. The number of nitrogens with zero attached hydrogens (tertiary/aromatic N) is 1. The molecule has 1 aromatic carbocycles. The fourth-order valence-corrected chi connectivity index (χ4v) is 4.25. The maximum absolute atomic E-state index is 15.1. The molecule has 0 amide bonds. The van der Waals surface area contributed by atoms with E-state index in [1.807, 2.05) is 6.08 Å². The van der Waals surface area contributed by atoms with Gasteiger partial charge in [0, 0.05) is 23.6 Å². The minimum absolute atomic E-state index is 0.00824. The Balaban J connectivity index is 2.08. The number of phenols is 1. The summed E-state index contributed by atoms with van der Waals surface area (Å²) in [6, 6.07) is 3.13. The van der Waals surface area contributed by atoms with Crippen molar-refractivity contribution in [2.24, 2.45) is 11.8 Å². The highest BCUT2D eigenvalue weighted by Gasteiger charge is 2.44. The van der Waals surface area contributed by atoms with Gasteiger partial charge >= 0.3 is 13.4 Å². The Hall–Kier alpha value is -2.65. The van der Waals surface area contributed by atoms with E-state index in [0.29, 0.717) is 17.7 Å². The van der Waals surface area contributed by atoms with Gasteiger partial charge in [-0.05, 0) is 51.9 Å². The van der Waals surface area contributed by atoms with Gasteiger partial charge in [-0.15, -0.1) is 0 Å². The molecular weight excluding hydrogens is 440 g/mol. The molecule has 1 aromatic rings. The van der Waals surface area contributed by atoms with Crippen molar-refractivity contribution in [3.05, 3.63) is 41.2 Å². The van der Waals surface area contributed by atoms with Crippen molar-refractivity contribution in [3.63, 3.8) is 0 Å². The van der Waals surface area contributed by atoms with Gasteiger partial charge in [0.25, 0.3) is 0 Å². The molecule has 1 fully saturated rings. The molecule has 5 atom stereocenters. The van der Waals surface area contributed by atoms with Gasteiger partial charge < -0.3 is 28.9 Å². The molecule has 184 valence electrons. The van der Waals surface area contributed by atoms with E-state index < -0.39 is 41.9 Å². The molecule has 2 aliphatic rings. The van der Waals surface area contributed by atoms with Gasteiger partial charge in [0.1, 0.15) is 29.4 Å². The first-order valence-electron chi connectivity index (χ1n) is 11.6. The molecule has 0 radical (unpaired) electrons. The summed E-state index contributed by atoms with van der Waals surface area (Å²) in [5.74, 6) is -3.14. The van der Waals surface area contributed by atoms with E-state index in [2.05, 4.69) is 0 Å². The third kappa shape index (κ3) is 5.70. The average Bonchev–Trinajstić information content (AvgIpc) is 3.06. The Bertz CT molecular complexity index is 994. The number of benzene rings is 1. The number of halogens is 1. The predicted octanol–water partition coefficient (Wildman–Crippen LogP) is 3.98. The number of anilines is 1. The third-order valence-electron chi connectivity index (χ3n) is 6.40. The molecule has 7 nitrogen and oxygen atoms in total. The van der Waals surface area contributed by atoms with Crippen LogP contribution in [-0.4, -0.2) is 55.8 Å². The van der Waals surface area contributed by atoms with Crippen molar-refractivity contribution >= 4 is 31.3 Å². The number of phenolic OH excluding ortho intramolecular Hbond substituents is 1. The number of ether oxygens (including phenoxy) is 3. The minimum atomic E-state index is -0.857. The summed E-state index contributed by atoms with van der Waals surface area (Å²) in [6.07, 6.45) is 4.58. The van der Waals surface area contributed by atoms with Crippen molar-refractivity contribution in [1.82, 2.24) is 0 Å². The molecule has 3 rings (SSSR count). The summed E-state index contributed by atoms with van der Waals surface area (Å²) in [5.41, 5.74) is 1.02. The molecule has 0 spiro atoms. The van der Waals surface area contributed by atoms with Crippen LogP contribution in [0.5, 0.6) is 5.75 Å². The molecule has 0 aliphatic carbocycles. The maximum Gasteiger partial charge on any atom is 0.342 e. The molecule has 1 N–H and O–H groups in total. The zero-order valence-corrected chi connectivity index (χ0v) is 20.6. The number of carbonyl (C=O) groups is 2. The van der Waals surface area contributed by atoms with Gasteiger partial charge in [-0.1, -0.05) is 26.0 Å². The molecule has 0 saturated carbocycles. The standard InChI is InChI=1S/C25H33BFNO6/c1-14-10-19(27)15(2)23-21(33-25(4,5)34-23)9-7-8-17-11-18(28(6)26-13-29)12-20(30)22(17)24(31)32-16(14)3/h7-8,10-16,21,23,26,30H,9H2,1-6H3/b8-7+,19-10+/t14-,15-,16+,21+,23-/m1/s1. The topological polar surface area (TPSA) is 85.3 Å². The van der Waals surface area contributed by atoms with Crippen LogP contribution in [-0.2, 0) is 19.0 Å². The number of carbonyl (C=O) groups excluding carboxylic acids is 2. The summed E-state index contributed by atoms with van der Waals surface area (Å²) in [5, 5.41) is 10.7. The molecular formula is C25H33BFNO6. The van der Waals surface area contributed by atoms with E-state index in [9.17, 15) is 14.7 Å². The summed E-state index contributed by atoms with van der Waals surface area (Å²) >= 11 is 0. The van der Waals surface area contributed by atoms with Crippen LogP contribution in [0.1, 0.15) is 57.0 Å². The van der Waals surface area contributed by atoms with Crippen LogP contribution in [0.4, 0.5) is 10.1 Å². The van der Waals surface area contributed by atoms with Crippen LogP contribution >= 0.6 is 0 Å². The van der Waals surface area contributed by atoms with Gasteiger partial charge in [0.15, 0.2) is 5.79 Å². The molecule has 34 heavy (non-hydrogen) atoms. The van der Waals surface area contributed by atoms with Gasteiger partial charge in [0.2, 0.25) is 0 Å². The van der Waals surface area contributed by atoms with Gasteiger partial charge in [-0.25, -0.2) is 9.18 Å². The first kappa shape index (κ1) is 26.0. The molecule has 1 saturated heterocycles. The van der Waals surface area contributed by atoms with Crippen molar-refractivity contribution < 1.29 is 33.3 Å². The summed E-state index contributed by atoms with van der Waals surface area (Å²) in [7, 11) is 1.84. The molecule has 0 aromatic heterocycles.